The number of carbonyl (C=O) groups excluding carboxylic acids is 2. The van der Waals surface area contributed by atoms with Crippen LogP contribution in [-0.4, -0.2) is 42.4 Å². The quantitative estimate of drug-likeness (QED) is 0.749. The Bertz CT molecular complexity index is 320. The molecule has 2 unspecified atom stereocenters. The highest BCUT2D eigenvalue weighted by Crippen LogP contribution is 2.32. The molecule has 0 aromatic carbocycles. The van der Waals surface area contributed by atoms with Gasteiger partial charge in [-0.05, 0) is 25.7 Å². The van der Waals surface area contributed by atoms with Gasteiger partial charge in [0.1, 0.15) is 0 Å². The summed E-state index contributed by atoms with van der Waals surface area (Å²) in [5, 5.41) is 2.99. The minimum Gasteiger partial charge on any atom is -0.352 e. The van der Waals surface area contributed by atoms with Gasteiger partial charge in [-0.3, -0.25) is 9.59 Å². The summed E-state index contributed by atoms with van der Waals surface area (Å²) < 4.78 is 0. The van der Waals surface area contributed by atoms with E-state index in [2.05, 4.69) is 5.32 Å². The third-order valence-electron chi connectivity index (χ3n) is 3.74. The molecule has 3 N–H and O–H groups in total. The van der Waals surface area contributed by atoms with E-state index < -0.39 is 0 Å². The second kappa shape index (κ2) is 6.38. The topological polar surface area (TPSA) is 75.4 Å². The van der Waals surface area contributed by atoms with Crippen molar-refractivity contribution in [1.29, 1.82) is 0 Å². The maximum Gasteiger partial charge on any atom is 0.225 e. The van der Waals surface area contributed by atoms with Gasteiger partial charge in [-0.2, -0.15) is 0 Å². The van der Waals surface area contributed by atoms with Gasteiger partial charge in [0.15, 0.2) is 0 Å². The summed E-state index contributed by atoms with van der Waals surface area (Å²) in [5.74, 6) is 0.457. The molecule has 0 aromatic heterocycles. The van der Waals surface area contributed by atoms with Crippen molar-refractivity contribution in [3.63, 3.8) is 0 Å². The number of amides is 2. The van der Waals surface area contributed by atoms with E-state index in [9.17, 15) is 9.59 Å². The number of nitrogens with two attached hydrogens (primary N) is 1. The van der Waals surface area contributed by atoms with Gasteiger partial charge >= 0.3 is 0 Å². The van der Waals surface area contributed by atoms with Crippen LogP contribution in [0.5, 0.6) is 0 Å². The van der Waals surface area contributed by atoms with Gasteiger partial charge in [-0.15, -0.1) is 12.4 Å². The highest BCUT2D eigenvalue weighted by molar-refractivity contribution is 5.89. The second-order valence-electron chi connectivity index (χ2n) is 5.02. The first-order valence-corrected chi connectivity index (χ1v) is 6.44. The van der Waals surface area contributed by atoms with E-state index in [-0.39, 0.29) is 36.2 Å². The first-order chi connectivity index (χ1) is 8.15. The third kappa shape index (κ3) is 3.36. The van der Waals surface area contributed by atoms with Crippen LogP contribution >= 0.6 is 12.4 Å². The first kappa shape index (κ1) is 15.2. The molecule has 1 saturated carbocycles. The maximum absolute atomic E-state index is 12.0. The summed E-state index contributed by atoms with van der Waals surface area (Å²) in [5.41, 5.74) is 5.65. The minimum absolute atomic E-state index is 0. The molecular formula is C12H22ClN3O2. The number of nitrogens with zero attached hydrogens (tertiary/aromatic N) is 1. The Labute approximate surface area is 114 Å². The van der Waals surface area contributed by atoms with Crippen LogP contribution in [0.4, 0.5) is 0 Å². The fraction of sp³-hybridized carbons (Fsp3) is 0.833. The zero-order valence-corrected chi connectivity index (χ0v) is 11.5. The van der Waals surface area contributed by atoms with Crippen molar-refractivity contribution in [3.05, 3.63) is 0 Å². The van der Waals surface area contributed by atoms with E-state index in [1.807, 2.05) is 6.92 Å². The van der Waals surface area contributed by atoms with Gasteiger partial charge in [0.05, 0.1) is 5.92 Å². The van der Waals surface area contributed by atoms with E-state index in [0.29, 0.717) is 32.0 Å². The molecule has 6 heteroatoms. The molecule has 0 radical (unpaired) electrons. The Morgan fingerprint density at radius 2 is 2.22 bits per heavy atom. The summed E-state index contributed by atoms with van der Waals surface area (Å²) in [6, 6.07) is 0.105. The Kier molecular flexibility index (Phi) is 5.41. The predicted molar refractivity (Wildman–Crippen MR) is 71.3 cm³/mol. The van der Waals surface area contributed by atoms with Crippen LogP contribution in [-0.2, 0) is 9.59 Å². The van der Waals surface area contributed by atoms with Gasteiger partial charge in [-0.1, -0.05) is 0 Å². The van der Waals surface area contributed by atoms with Crippen LogP contribution in [0.2, 0.25) is 0 Å². The average Bonchev–Trinajstić information content (AvgIpc) is 3.09. The molecule has 0 bridgehead atoms. The summed E-state index contributed by atoms with van der Waals surface area (Å²) in [4.78, 5) is 25.3. The van der Waals surface area contributed by atoms with Crippen molar-refractivity contribution in [2.75, 3.05) is 19.6 Å². The van der Waals surface area contributed by atoms with Crippen molar-refractivity contribution in [2.45, 2.75) is 32.2 Å². The van der Waals surface area contributed by atoms with Crippen molar-refractivity contribution in [3.8, 4) is 0 Å². The molecule has 2 atom stereocenters. The Balaban J connectivity index is 0.00000162. The number of hydrogen-bond donors (Lipinski definition) is 2. The highest BCUT2D eigenvalue weighted by Gasteiger charge is 2.36. The molecule has 2 fully saturated rings. The van der Waals surface area contributed by atoms with Crippen LogP contribution in [0.25, 0.3) is 0 Å². The van der Waals surface area contributed by atoms with Crippen molar-refractivity contribution in [2.24, 2.45) is 17.6 Å². The van der Waals surface area contributed by atoms with Gasteiger partial charge < -0.3 is 16.0 Å². The summed E-state index contributed by atoms with van der Waals surface area (Å²) >= 11 is 0. The van der Waals surface area contributed by atoms with Crippen molar-refractivity contribution < 1.29 is 9.59 Å². The van der Waals surface area contributed by atoms with E-state index in [1.165, 1.54) is 0 Å². The fourth-order valence-electron chi connectivity index (χ4n) is 2.42. The smallest absolute Gasteiger partial charge is 0.225 e. The highest BCUT2D eigenvalue weighted by atomic mass is 35.5. The van der Waals surface area contributed by atoms with Crippen LogP contribution in [0.1, 0.15) is 26.2 Å². The molecule has 1 aliphatic carbocycles. The summed E-state index contributed by atoms with van der Waals surface area (Å²) in [6.45, 7) is 3.67. The van der Waals surface area contributed by atoms with E-state index in [1.54, 1.807) is 4.90 Å². The monoisotopic (exact) mass is 275 g/mol. The molecule has 1 aliphatic heterocycles. The normalized spacial score (nSPS) is 24.7. The number of hydrogen-bond acceptors (Lipinski definition) is 3. The van der Waals surface area contributed by atoms with Crippen LogP contribution in [0.15, 0.2) is 0 Å². The first-order valence-electron chi connectivity index (χ1n) is 6.44. The molecule has 104 valence electrons. The molecule has 1 saturated heterocycles. The molecule has 2 rings (SSSR count). The SMILES string of the molecule is CCN1CC(C(=O)NC(CN)C2CC2)CC1=O.Cl. The largest absolute Gasteiger partial charge is 0.352 e. The Hall–Kier alpha value is -0.810. The predicted octanol–water partition coefficient (Wildman–Crippen LogP) is 0.130. The van der Waals surface area contributed by atoms with Crippen LogP contribution < -0.4 is 11.1 Å². The summed E-state index contributed by atoms with van der Waals surface area (Å²) in [6.07, 6.45) is 2.67. The van der Waals surface area contributed by atoms with Gasteiger partial charge in [0.25, 0.3) is 0 Å². The zero-order valence-electron chi connectivity index (χ0n) is 10.7. The van der Waals surface area contributed by atoms with Crippen LogP contribution in [0.3, 0.4) is 0 Å². The molecule has 5 nitrogen and oxygen atoms in total. The summed E-state index contributed by atoms with van der Waals surface area (Å²) in [7, 11) is 0. The molecular weight excluding hydrogens is 254 g/mol. The van der Waals surface area contributed by atoms with Crippen molar-refractivity contribution >= 4 is 24.2 Å². The zero-order chi connectivity index (χ0) is 12.4. The molecule has 18 heavy (non-hydrogen) atoms. The van der Waals surface area contributed by atoms with Gasteiger partial charge in [0, 0.05) is 32.1 Å². The minimum atomic E-state index is -0.185. The third-order valence-corrected chi connectivity index (χ3v) is 3.74. The Morgan fingerprint density at radius 3 is 2.67 bits per heavy atom. The molecule has 0 aromatic rings. The lowest BCUT2D eigenvalue weighted by Crippen LogP contribution is -2.45. The lowest BCUT2D eigenvalue weighted by molar-refractivity contribution is -0.129. The van der Waals surface area contributed by atoms with E-state index in [0.717, 1.165) is 12.8 Å². The average molecular weight is 276 g/mol. The van der Waals surface area contributed by atoms with Crippen molar-refractivity contribution in [1.82, 2.24) is 10.2 Å². The number of halogens is 1. The standard InChI is InChI=1S/C12H21N3O2.ClH/c1-2-15-7-9(5-11(15)16)12(17)14-10(6-13)8-3-4-8;/h8-10H,2-7,13H2,1H3,(H,14,17);1H. The molecule has 1 heterocycles. The maximum atomic E-state index is 12.0. The second-order valence-corrected chi connectivity index (χ2v) is 5.02. The van der Waals surface area contributed by atoms with E-state index >= 15 is 0 Å². The van der Waals surface area contributed by atoms with Crippen LogP contribution in [0, 0.1) is 11.8 Å². The molecule has 2 amide bonds. The number of likely N-dealkylation sites (tertiary alicyclic amines) is 1. The van der Waals surface area contributed by atoms with Gasteiger partial charge in [-0.25, -0.2) is 0 Å². The fourth-order valence-corrected chi connectivity index (χ4v) is 2.42. The molecule has 2 aliphatic rings. The van der Waals surface area contributed by atoms with E-state index in [4.69, 9.17) is 5.73 Å². The van der Waals surface area contributed by atoms with Gasteiger partial charge in [0.2, 0.25) is 11.8 Å². The number of rotatable bonds is 5. The number of nitrogens with one attached hydrogen (secondary N) is 1. The Morgan fingerprint density at radius 1 is 1.56 bits per heavy atom. The lowest BCUT2D eigenvalue weighted by Gasteiger charge is -2.19. The lowest BCUT2D eigenvalue weighted by atomic mass is 10.1. The number of carbonyl (C=O) groups is 2. The molecule has 0 spiro atoms.